The van der Waals surface area contributed by atoms with Crippen LogP contribution in [0.25, 0.3) is 0 Å². The van der Waals surface area contributed by atoms with Crippen molar-refractivity contribution in [1.82, 2.24) is 9.80 Å². The van der Waals surface area contributed by atoms with E-state index in [4.69, 9.17) is 10.5 Å². The summed E-state index contributed by atoms with van der Waals surface area (Å²) in [6, 6.07) is 7.60. The van der Waals surface area contributed by atoms with Crippen molar-refractivity contribution in [3.05, 3.63) is 29.8 Å². The standard InChI is InChI=1S/C21H35N3O2/c1-2-3-4-5-6-18-26-20-10-8-19(9-11-20)21(25)24-16-14-23(15-17-24)13-7-12-22/h8-11H,2-7,12-18,22H2,1H3. The summed E-state index contributed by atoms with van der Waals surface area (Å²) in [6.45, 7) is 8.19. The fraction of sp³-hybridized carbons (Fsp3) is 0.667. The summed E-state index contributed by atoms with van der Waals surface area (Å²) in [5.74, 6) is 0.971. The lowest BCUT2D eigenvalue weighted by Gasteiger charge is -2.34. The van der Waals surface area contributed by atoms with E-state index in [1.165, 1.54) is 25.7 Å². The normalized spacial score (nSPS) is 15.2. The number of nitrogens with two attached hydrogens (primary N) is 1. The first-order chi connectivity index (χ1) is 12.7. The van der Waals surface area contributed by atoms with E-state index >= 15 is 0 Å². The Morgan fingerprint density at radius 3 is 2.35 bits per heavy atom. The molecule has 1 aliphatic heterocycles. The lowest BCUT2D eigenvalue weighted by molar-refractivity contribution is 0.0636. The highest BCUT2D eigenvalue weighted by atomic mass is 16.5. The minimum Gasteiger partial charge on any atom is -0.494 e. The molecule has 0 radical (unpaired) electrons. The molecule has 1 heterocycles. The van der Waals surface area contributed by atoms with Gasteiger partial charge in [-0.1, -0.05) is 32.6 Å². The number of carbonyl (C=O) groups is 1. The Morgan fingerprint density at radius 1 is 1.00 bits per heavy atom. The number of ether oxygens (including phenoxy) is 1. The molecule has 0 aromatic heterocycles. The highest BCUT2D eigenvalue weighted by Crippen LogP contribution is 2.16. The van der Waals surface area contributed by atoms with Gasteiger partial charge in [-0.3, -0.25) is 9.69 Å². The SMILES string of the molecule is CCCCCCCOc1ccc(C(=O)N2CCN(CCCN)CC2)cc1. The Labute approximate surface area is 158 Å². The molecule has 1 aliphatic rings. The summed E-state index contributed by atoms with van der Waals surface area (Å²) in [6.07, 6.45) is 7.19. The Kier molecular flexibility index (Phi) is 9.50. The predicted octanol–water partition coefficient (Wildman–Crippen LogP) is 3.14. The molecule has 146 valence electrons. The summed E-state index contributed by atoms with van der Waals surface area (Å²) < 4.78 is 5.78. The number of benzene rings is 1. The van der Waals surface area contributed by atoms with Crippen molar-refractivity contribution in [2.24, 2.45) is 5.73 Å². The highest BCUT2D eigenvalue weighted by Gasteiger charge is 2.21. The van der Waals surface area contributed by atoms with Crippen molar-refractivity contribution >= 4 is 5.91 Å². The fourth-order valence-corrected chi connectivity index (χ4v) is 3.26. The molecule has 5 heteroatoms. The van der Waals surface area contributed by atoms with Gasteiger partial charge in [0.1, 0.15) is 5.75 Å². The maximum Gasteiger partial charge on any atom is 0.253 e. The predicted molar refractivity (Wildman–Crippen MR) is 107 cm³/mol. The van der Waals surface area contributed by atoms with Gasteiger partial charge in [0.25, 0.3) is 5.91 Å². The molecule has 0 atom stereocenters. The van der Waals surface area contributed by atoms with E-state index in [1.54, 1.807) is 0 Å². The Bertz CT molecular complexity index is 510. The van der Waals surface area contributed by atoms with Gasteiger partial charge in [0.15, 0.2) is 0 Å². The van der Waals surface area contributed by atoms with E-state index in [0.29, 0.717) is 0 Å². The molecular weight excluding hydrogens is 326 g/mol. The molecule has 2 rings (SSSR count). The van der Waals surface area contributed by atoms with Crippen LogP contribution in [0.5, 0.6) is 5.75 Å². The second kappa shape index (κ2) is 11.9. The molecule has 0 bridgehead atoms. The number of piperazine rings is 1. The second-order valence-corrected chi connectivity index (χ2v) is 7.06. The van der Waals surface area contributed by atoms with Gasteiger partial charge in [-0.05, 0) is 50.2 Å². The Balaban J connectivity index is 1.71. The van der Waals surface area contributed by atoms with Crippen LogP contribution in [-0.4, -0.2) is 61.6 Å². The summed E-state index contributed by atoms with van der Waals surface area (Å²) in [4.78, 5) is 17.0. The largest absolute Gasteiger partial charge is 0.494 e. The summed E-state index contributed by atoms with van der Waals surface area (Å²) >= 11 is 0. The van der Waals surface area contributed by atoms with E-state index in [0.717, 1.165) is 70.0 Å². The lowest BCUT2D eigenvalue weighted by Crippen LogP contribution is -2.49. The smallest absolute Gasteiger partial charge is 0.253 e. The molecule has 26 heavy (non-hydrogen) atoms. The number of unbranched alkanes of at least 4 members (excludes halogenated alkanes) is 4. The third kappa shape index (κ3) is 6.96. The monoisotopic (exact) mass is 361 g/mol. The number of carbonyl (C=O) groups excluding carboxylic acids is 1. The van der Waals surface area contributed by atoms with Crippen molar-refractivity contribution in [2.75, 3.05) is 45.9 Å². The van der Waals surface area contributed by atoms with Crippen LogP contribution in [0.4, 0.5) is 0 Å². The van der Waals surface area contributed by atoms with Gasteiger partial charge in [-0.2, -0.15) is 0 Å². The molecule has 1 fully saturated rings. The Morgan fingerprint density at radius 2 is 1.69 bits per heavy atom. The van der Waals surface area contributed by atoms with Gasteiger partial charge in [0, 0.05) is 31.7 Å². The number of amides is 1. The maximum atomic E-state index is 12.6. The molecule has 5 nitrogen and oxygen atoms in total. The molecule has 1 saturated heterocycles. The van der Waals surface area contributed by atoms with Crippen molar-refractivity contribution in [2.45, 2.75) is 45.4 Å². The molecular formula is C21H35N3O2. The van der Waals surface area contributed by atoms with E-state index in [2.05, 4.69) is 11.8 Å². The van der Waals surface area contributed by atoms with E-state index in [9.17, 15) is 4.79 Å². The first-order valence-corrected chi connectivity index (χ1v) is 10.2. The van der Waals surface area contributed by atoms with Crippen LogP contribution in [-0.2, 0) is 0 Å². The van der Waals surface area contributed by atoms with Gasteiger partial charge in [-0.25, -0.2) is 0 Å². The number of nitrogens with zero attached hydrogens (tertiary/aromatic N) is 2. The zero-order valence-electron chi connectivity index (χ0n) is 16.3. The molecule has 0 unspecified atom stereocenters. The molecule has 2 N–H and O–H groups in total. The van der Waals surface area contributed by atoms with Crippen LogP contribution in [0, 0.1) is 0 Å². The first kappa shape index (κ1) is 20.7. The minimum atomic E-state index is 0.120. The van der Waals surface area contributed by atoms with Crippen LogP contribution in [0.15, 0.2) is 24.3 Å². The summed E-state index contributed by atoms with van der Waals surface area (Å²) in [5, 5.41) is 0. The van der Waals surface area contributed by atoms with Crippen LogP contribution in [0.2, 0.25) is 0 Å². The molecule has 0 spiro atoms. The fourth-order valence-electron chi connectivity index (χ4n) is 3.26. The zero-order valence-corrected chi connectivity index (χ0v) is 16.3. The second-order valence-electron chi connectivity index (χ2n) is 7.06. The molecule has 1 aromatic rings. The molecule has 1 amide bonds. The maximum absolute atomic E-state index is 12.6. The molecule has 0 aliphatic carbocycles. The van der Waals surface area contributed by atoms with Crippen LogP contribution in [0.1, 0.15) is 55.8 Å². The van der Waals surface area contributed by atoms with Gasteiger partial charge in [0.05, 0.1) is 6.61 Å². The zero-order chi connectivity index (χ0) is 18.6. The van der Waals surface area contributed by atoms with Gasteiger partial charge < -0.3 is 15.4 Å². The average Bonchev–Trinajstić information content (AvgIpc) is 2.69. The molecule has 1 aromatic carbocycles. The molecule has 0 saturated carbocycles. The van der Waals surface area contributed by atoms with Crippen molar-refractivity contribution in [3.63, 3.8) is 0 Å². The van der Waals surface area contributed by atoms with E-state index < -0.39 is 0 Å². The number of hydrogen-bond acceptors (Lipinski definition) is 4. The lowest BCUT2D eigenvalue weighted by atomic mass is 10.1. The third-order valence-corrected chi connectivity index (χ3v) is 4.96. The summed E-state index contributed by atoms with van der Waals surface area (Å²) in [5.41, 5.74) is 6.31. The third-order valence-electron chi connectivity index (χ3n) is 4.96. The Hall–Kier alpha value is -1.59. The van der Waals surface area contributed by atoms with E-state index in [1.807, 2.05) is 29.2 Å². The quantitative estimate of drug-likeness (QED) is 0.615. The van der Waals surface area contributed by atoms with Crippen molar-refractivity contribution in [1.29, 1.82) is 0 Å². The minimum absolute atomic E-state index is 0.120. The van der Waals surface area contributed by atoms with Crippen molar-refractivity contribution < 1.29 is 9.53 Å². The topological polar surface area (TPSA) is 58.8 Å². The average molecular weight is 362 g/mol. The van der Waals surface area contributed by atoms with Gasteiger partial charge in [-0.15, -0.1) is 0 Å². The van der Waals surface area contributed by atoms with Gasteiger partial charge in [0.2, 0.25) is 0 Å². The number of hydrogen-bond donors (Lipinski definition) is 1. The van der Waals surface area contributed by atoms with Crippen molar-refractivity contribution in [3.8, 4) is 5.75 Å². The van der Waals surface area contributed by atoms with Crippen LogP contribution < -0.4 is 10.5 Å². The van der Waals surface area contributed by atoms with Gasteiger partial charge >= 0.3 is 0 Å². The van der Waals surface area contributed by atoms with Crippen LogP contribution in [0.3, 0.4) is 0 Å². The highest BCUT2D eigenvalue weighted by molar-refractivity contribution is 5.94. The summed E-state index contributed by atoms with van der Waals surface area (Å²) in [7, 11) is 0. The first-order valence-electron chi connectivity index (χ1n) is 10.2. The van der Waals surface area contributed by atoms with Crippen LogP contribution >= 0.6 is 0 Å². The number of rotatable bonds is 11. The van der Waals surface area contributed by atoms with E-state index in [-0.39, 0.29) is 5.91 Å².